The highest BCUT2D eigenvalue weighted by atomic mass is 16.3. The van der Waals surface area contributed by atoms with Crippen LogP contribution in [0.1, 0.15) is 27.0 Å². The summed E-state index contributed by atoms with van der Waals surface area (Å²) in [5.41, 5.74) is 3.77. The minimum absolute atomic E-state index is 0.0233. The first kappa shape index (κ1) is 20.5. The van der Waals surface area contributed by atoms with E-state index in [2.05, 4.69) is 28.1 Å². The van der Waals surface area contributed by atoms with Gasteiger partial charge in [0.1, 0.15) is 6.04 Å². The van der Waals surface area contributed by atoms with Crippen molar-refractivity contribution in [2.75, 3.05) is 13.2 Å². The monoisotopic (exact) mass is 395 g/mol. The van der Waals surface area contributed by atoms with Crippen LogP contribution >= 0.6 is 0 Å². The zero-order valence-electron chi connectivity index (χ0n) is 16.1. The average molecular weight is 395 g/mol. The number of benzene rings is 2. The van der Waals surface area contributed by atoms with Crippen LogP contribution < -0.4 is 16.0 Å². The van der Waals surface area contributed by atoms with Gasteiger partial charge >= 0.3 is 0 Å². The Balaban J connectivity index is 1.57. The Morgan fingerprint density at radius 3 is 2.28 bits per heavy atom. The summed E-state index contributed by atoms with van der Waals surface area (Å²) in [5, 5.41) is 16.9. The number of carbonyl (C=O) groups excluding carboxylic acids is 3. The van der Waals surface area contributed by atoms with Crippen LogP contribution in [-0.4, -0.2) is 42.5 Å². The number of nitrogens with one attached hydrogen (secondary N) is 3. The lowest BCUT2D eigenvalue weighted by atomic mass is 9.95. The van der Waals surface area contributed by atoms with Gasteiger partial charge in [-0.3, -0.25) is 14.4 Å². The van der Waals surface area contributed by atoms with Crippen molar-refractivity contribution in [1.82, 2.24) is 16.0 Å². The third-order valence-corrected chi connectivity index (χ3v) is 5.16. The van der Waals surface area contributed by atoms with Gasteiger partial charge in [0.25, 0.3) is 5.91 Å². The first-order valence-electron chi connectivity index (χ1n) is 9.64. The van der Waals surface area contributed by atoms with Crippen LogP contribution in [0.5, 0.6) is 0 Å². The molecule has 0 aliphatic heterocycles. The van der Waals surface area contributed by atoms with Crippen LogP contribution in [-0.2, 0) is 29.0 Å². The predicted octanol–water partition coefficient (Wildman–Crippen LogP) is 0.555. The Morgan fingerprint density at radius 1 is 1.03 bits per heavy atom. The van der Waals surface area contributed by atoms with E-state index in [0.717, 1.165) is 18.4 Å². The first-order chi connectivity index (χ1) is 14.1. The summed E-state index contributed by atoms with van der Waals surface area (Å²) in [5.74, 6) is -0.458. The third kappa shape index (κ3) is 5.20. The van der Waals surface area contributed by atoms with Crippen LogP contribution in [0.2, 0.25) is 0 Å². The number of amides is 3. The number of rotatable bonds is 9. The summed E-state index contributed by atoms with van der Waals surface area (Å²) >= 11 is 0. The van der Waals surface area contributed by atoms with Crippen molar-refractivity contribution < 1.29 is 19.5 Å². The Hall–Kier alpha value is -3.19. The van der Waals surface area contributed by atoms with Crippen molar-refractivity contribution in [2.45, 2.75) is 25.4 Å². The zero-order valence-corrected chi connectivity index (χ0v) is 16.1. The maximum Gasteiger partial charge on any atom is 0.251 e. The highest BCUT2D eigenvalue weighted by molar-refractivity contribution is 5.94. The Labute approximate surface area is 169 Å². The molecule has 29 heavy (non-hydrogen) atoms. The topological polar surface area (TPSA) is 108 Å². The average Bonchev–Trinajstić information content (AvgIpc) is 3.18. The van der Waals surface area contributed by atoms with Gasteiger partial charge in [-0.05, 0) is 47.6 Å². The molecular formula is C22H25N3O4. The van der Waals surface area contributed by atoms with Crippen molar-refractivity contribution in [1.29, 1.82) is 0 Å². The van der Waals surface area contributed by atoms with Gasteiger partial charge in [-0.15, -0.1) is 0 Å². The molecule has 0 bridgehead atoms. The Bertz CT molecular complexity index is 842. The van der Waals surface area contributed by atoms with Crippen LogP contribution in [0.15, 0.2) is 48.5 Å². The van der Waals surface area contributed by atoms with Gasteiger partial charge in [0.2, 0.25) is 12.3 Å². The molecule has 3 amide bonds. The second-order valence-electron chi connectivity index (χ2n) is 7.09. The molecule has 4 N–H and O–H groups in total. The Morgan fingerprint density at radius 2 is 1.69 bits per heavy atom. The van der Waals surface area contributed by atoms with Crippen molar-refractivity contribution in [2.24, 2.45) is 5.92 Å². The highest BCUT2D eigenvalue weighted by Gasteiger charge is 2.32. The van der Waals surface area contributed by atoms with E-state index in [1.54, 1.807) is 24.3 Å². The van der Waals surface area contributed by atoms with Gasteiger partial charge in [-0.1, -0.05) is 36.4 Å². The molecule has 3 rings (SSSR count). The van der Waals surface area contributed by atoms with Crippen molar-refractivity contribution in [3.8, 4) is 0 Å². The lowest BCUT2D eigenvalue weighted by Crippen LogP contribution is -2.48. The SMILES string of the molecule is O=CNC(C(=O)NCc1ccc(C(=O)NCCO)cc1)C1Cc2ccccc2C1. The van der Waals surface area contributed by atoms with E-state index in [1.807, 2.05) is 12.1 Å². The second kappa shape index (κ2) is 9.84. The number of aliphatic hydroxyl groups excluding tert-OH is 1. The second-order valence-corrected chi connectivity index (χ2v) is 7.09. The van der Waals surface area contributed by atoms with E-state index in [1.165, 1.54) is 11.1 Å². The van der Waals surface area contributed by atoms with E-state index in [9.17, 15) is 14.4 Å². The third-order valence-electron chi connectivity index (χ3n) is 5.16. The maximum absolute atomic E-state index is 12.7. The standard InChI is InChI=1S/C22H25N3O4/c26-10-9-23-21(28)16-7-5-15(6-8-16)13-24-22(29)20(25-14-27)19-11-17-3-1-2-4-18(17)12-19/h1-8,14,19-20,26H,9-13H2,(H,23,28)(H,24,29)(H,25,27). The molecule has 2 aromatic carbocycles. The highest BCUT2D eigenvalue weighted by Crippen LogP contribution is 2.28. The fourth-order valence-electron chi connectivity index (χ4n) is 3.67. The number of aliphatic hydroxyl groups is 1. The van der Waals surface area contributed by atoms with Gasteiger partial charge in [-0.25, -0.2) is 0 Å². The zero-order chi connectivity index (χ0) is 20.6. The molecule has 1 unspecified atom stereocenters. The molecule has 7 nitrogen and oxygen atoms in total. The van der Waals surface area contributed by atoms with Crippen LogP contribution in [0, 0.1) is 5.92 Å². The number of fused-ring (bicyclic) bond motifs is 1. The normalized spacial score (nSPS) is 14.0. The predicted molar refractivity (Wildman–Crippen MR) is 108 cm³/mol. The van der Waals surface area contributed by atoms with E-state index in [0.29, 0.717) is 18.5 Å². The molecule has 7 heteroatoms. The fourth-order valence-corrected chi connectivity index (χ4v) is 3.67. The minimum atomic E-state index is -0.594. The summed E-state index contributed by atoms with van der Waals surface area (Å²) in [6.07, 6.45) is 2.09. The minimum Gasteiger partial charge on any atom is -0.395 e. The van der Waals surface area contributed by atoms with Crippen molar-refractivity contribution in [3.63, 3.8) is 0 Å². The molecule has 0 aromatic heterocycles. The van der Waals surface area contributed by atoms with Gasteiger partial charge in [0.05, 0.1) is 6.61 Å². The van der Waals surface area contributed by atoms with E-state index in [-0.39, 0.29) is 30.9 Å². The molecule has 0 saturated heterocycles. The lowest BCUT2D eigenvalue weighted by molar-refractivity contribution is -0.126. The van der Waals surface area contributed by atoms with Gasteiger partial charge in [0, 0.05) is 18.7 Å². The summed E-state index contributed by atoms with van der Waals surface area (Å²) in [7, 11) is 0. The van der Waals surface area contributed by atoms with Crippen LogP contribution in [0.4, 0.5) is 0 Å². The molecule has 2 aromatic rings. The molecule has 1 atom stereocenters. The first-order valence-corrected chi connectivity index (χ1v) is 9.64. The molecule has 0 saturated carbocycles. The van der Waals surface area contributed by atoms with Crippen molar-refractivity contribution >= 4 is 18.2 Å². The van der Waals surface area contributed by atoms with Crippen LogP contribution in [0.3, 0.4) is 0 Å². The summed E-state index contributed by atoms with van der Waals surface area (Å²) in [4.78, 5) is 35.6. The molecule has 1 aliphatic rings. The number of hydrogen-bond donors (Lipinski definition) is 4. The molecule has 0 heterocycles. The smallest absolute Gasteiger partial charge is 0.251 e. The fraction of sp³-hybridized carbons (Fsp3) is 0.318. The van der Waals surface area contributed by atoms with E-state index < -0.39 is 6.04 Å². The lowest BCUT2D eigenvalue weighted by Gasteiger charge is -2.22. The molecule has 0 spiro atoms. The molecule has 1 aliphatic carbocycles. The number of carbonyl (C=O) groups is 3. The number of hydrogen-bond acceptors (Lipinski definition) is 4. The molecule has 0 radical (unpaired) electrons. The summed E-state index contributed by atoms with van der Waals surface area (Å²) in [6.45, 7) is 0.388. The maximum atomic E-state index is 12.7. The molecular weight excluding hydrogens is 370 g/mol. The summed E-state index contributed by atoms with van der Waals surface area (Å²) in [6, 6.07) is 14.4. The van der Waals surface area contributed by atoms with Gasteiger partial charge in [-0.2, -0.15) is 0 Å². The molecule has 152 valence electrons. The van der Waals surface area contributed by atoms with E-state index >= 15 is 0 Å². The van der Waals surface area contributed by atoms with Gasteiger partial charge in [0.15, 0.2) is 0 Å². The van der Waals surface area contributed by atoms with Crippen molar-refractivity contribution in [3.05, 3.63) is 70.8 Å². The Kier molecular flexibility index (Phi) is 6.97. The largest absolute Gasteiger partial charge is 0.395 e. The van der Waals surface area contributed by atoms with Gasteiger partial charge < -0.3 is 21.1 Å². The van der Waals surface area contributed by atoms with E-state index in [4.69, 9.17) is 5.11 Å². The summed E-state index contributed by atoms with van der Waals surface area (Å²) < 4.78 is 0. The quantitative estimate of drug-likeness (QED) is 0.465. The molecule has 0 fully saturated rings. The van der Waals surface area contributed by atoms with Crippen LogP contribution in [0.25, 0.3) is 0 Å².